The van der Waals surface area contributed by atoms with Crippen molar-refractivity contribution in [1.82, 2.24) is 14.8 Å². The lowest BCUT2D eigenvalue weighted by molar-refractivity contribution is -0.138. The van der Waals surface area contributed by atoms with Gasteiger partial charge in [-0.25, -0.2) is 9.67 Å². The zero-order chi connectivity index (χ0) is 13.9. The number of hydrogen-bond donors (Lipinski definition) is 1. The first kappa shape index (κ1) is 14.2. The molecular formula is C14H23N3O2. The average molecular weight is 265 g/mol. The van der Waals surface area contributed by atoms with Crippen molar-refractivity contribution in [3.8, 4) is 0 Å². The molecule has 106 valence electrons. The minimum absolute atomic E-state index is 0.107. The van der Waals surface area contributed by atoms with Gasteiger partial charge in [0, 0.05) is 6.04 Å². The van der Waals surface area contributed by atoms with Crippen LogP contribution in [0.1, 0.15) is 64.2 Å². The highest BCUT2D eigenvalue weighted by Gasteiger charge is 2.36. The Labute approximate surface area is 114 Å². The smallest absolute Gasteiger partial charge is 0.171 e. The summed E-state index contributed by atoms with van der Waals surface area (Å²) in [5, 5.41) is 14.7. The van der Waals surface area contributed by atoms with Gasteiger partial charge in [0.25, 0.3) is 0 Å². The normalized spacial score (nSPS) is 19.4. The number of ketones is 1. The van der Waals surface area contributed by atoms with Crippen LogP contribution in [0.3, 0.4) is 0 Å². The van der Waals surface area contributed by atoms with E-state index in [0.717, 1.165) is 25.7 Å². The first-order valence-electron chi connectivity index (χ1n) is 7.17. The predicted molar refractivity (Wildman–Crippen MR) is 71.8 cm³/mol. The van der Waals surface area contributed by atoms with E-state index >= 15 is 0 Å². The molecule has 1 N–H and O–H groups in total. The van der Waals surface area contributed by atoms with E-state index in [2.05, 4.69) is 10.1 Å². The molecular weight excluding hydrogens is 242 g/mol. The van der Waals surface area contributed by atoms with Crippen LogP contribution in [0.5, 0.6) is 0 Å². The van der Waals surface area contributed by atoms with Crippen LogP contribution in [0, 0.1) is 0 Å². The maximum atomic E-state index is 12.4. The molecule has 1 aliphatic carbocycles. The summed E-state index contributed by atoms with van der Waals surface area (Å²) in [6.07, 6.45) is 6.89. The quantitative estimate of drug-likeness (QED) is 0.846. The van der Waals surface area contributed by atoms with Crippen LogP contribution >= 0.6 is 0 Å². The lowest BCUT2D eigenvalue weighted by atomic mass is 9.88. The minimum atomic E-state index is -1.15. The van der Waals surface area contributed by atoms with Crippen molar-refractivity contribution >= 4 is 5.78 Å². The molecule has 2 rings (SSSR count). The van der Waals surface area contributed by atoms with E-state index < -0.39 is 5.60 Å². The van der Waals surface area contributed by atoms with Crippen molar-refractivity contribution in [2.75, 3.05) is 0 Å². The maximum Gasteiger partial charge on any atom is 0.171 e. The van der Waals surface area contributed by atoms with Crippen LogP contribution < -0.4 is 0 Å². The van der Waals surface area contributed by atoms with Crippen LogP contribution in [0.15, 0.2) is 6.33 Å². The Morgan fingerprint density at radius 3 is 2.58 bits per heavy atom. The number of carbonyl (C=O) groups excluding carboxylic acids is 1. The Balaban J connectivity index is 2.09. The molecule has 1 fully saturated rings. The number of aliphatic hydroxyl groups is 1. The fourth-order valence-corrected chi connectivity index (χ4v) is 2.73. The lowest BCUT2D eigenvalue weighted by Gasteiger charge is -2.24. The first-order valence-corrected chi connectivity index (χ1v) is 7.17. The van der Waals surface area contributed by atoms with Crippen molar-refractivity contribution in [3.63, 3.8) is 0 Å². The van der Waals surface area contributed by atoms with E-state index in [4.69, 9.17) is 0 Å². The maximum absolute atomic E-state index is 12.4. The average Bonchev–Trinajstić information content (AvgIpc) is 2.70. The third-order valence-corrected chi connectivity index (χ3v) is 3.90. The van der Waals surface area contributed by atoms with Crippen molar-refractivity contribution in [2.24, 2.45) is 0 Å². The Bertz CT molecular complexity index is 432. The summed E-state index contributed by atoms with van der Waals surface area (Å²) in [4.78, 5) is 16.5. The summed E-state index contributed by atoms with van der Waals surface area (Å²) in [7, 11) is 0. The molecule has 0 spiro atoms. The topological polar surface area (TPSA) is 68.0 Å². The Morgan fingerprint density at radius 2 is 2.00 bits per heavy atom. The molecule has 0 bridgehead atoms. The van der Waals surface area contributed by atoms with Crippen LogP contribution in [0.4, 0.5) is 0 Å². The predicted octanol–water partition coefficient (Wildman–Crippen LogP) is 2.06. The highest BCUT2D eigenvalue weighted by molar-refractivity contribution is 5.88. The van der Waals surface area contributed by atoms with Gasteiger partial charge >= 0.3 is 0 Å². The molecule has 0 amide bonds. The van der Waals surface area contributed by atoms with Gasteiger partial charge in [0.1, 0.15) is 17.8 Å². The van der Waals surface area contributed by atoms with E-state index in [1.54, 1.807) is 4.68 Å². The van der Waals surface area contributed by atoms with Crippen LogP contribution in [-0.2, 0) is 11.2 Å². The van der Waals surface area contributed by atoms with Gasteiger partial charge in [-0.3, -0.25) is 4.79 Å². The molecule has 0 aromatic carbocycles. The van der Waals surface area contributed by atoms with Gasteiger partial charge in [-0.1, -0.05) is 25.7 Å². The summed E-state index contributed by atoms with van der Waals surface area (Å²) in [5.41, 5.74) is -1.15. The molecule has 0 saturated heterocycles. The highest BCUT2D eigenvalue weighted by Crippen LogP contribution is 2.28. The van der Waals surface area contributed by atoms with Crippen LogP contribution in [-0.4, -0.2) is 31.3 Å². The van der Waals surface area contributed by atoms with E-state index in [1.807, 2.05) is 13.8 Å². The van der Waals surface area contributed by atoms with Gasteiger partial charge in [0.15, 0.2) is 5.78 Å². The lowest BCUT2D eigenvalue weighted by Crippen LogP contribution is -2.39. The Morgan fingerprint density at radius 1 is 1.37 bits per heavy atom. The number of Topliss-reactive ketones (excluding diaryl/α,β-unsaturated/α-hetero) is 1. The number of aromatic nitrogens is 3. The van der Waals surface area contributed by atoms with Crippen molar-refractivity contribution < 1.29 is 9.90 Å². The second-order valence-corrected chi connectivity index (χ2v) is 5.76. The zero-order valence-corrected chi connectivity index (χ0v) is 11.8. The molecule has 0 aliphatic heterocycles. The van der Waals surface area contributed by atoms with Crippen molar-refractivity contribution in [3.05, 3.63) is 12.2 Å². The molecule has 1 aromatic heterocycles. The van der Waals surface area contributed by atoms with E-state index in [0.29, 0.717) is 18.7 Å². The summed E-state index contributed by atoms with van der Waals surface area (Å²) in [5.74, 6) is 0.543. The SMILES string of the molecule is CC(C)n1ncnc1CC(=O)C1(O)CCCCCC1. The summed E-state index contributed by atoms with van der Waals surface area (Å²) in [6.45, 7) is 4.01. The summed E-state index contributed by atoms with van der Waals surface area (Å²) < 4.78 is 1.75. The molecule has 1 heterocycles. The van der Waals surface area contributed by atoms with Gasteiger partial charge < -0.3 is 5.11 Å². The summed E-state index contributed by atoms with van der Waals surface area (Å²) >= 11 is 0. The minimum Gasteiger partial charge on any atom is -0.382 e. The Kier molecular flexibility index (Phi) is 4.34. The fourth-order valence-electron chi connectivity index (χ4n) is 2.73. The monoisotopic (exact) mass is 265 g/mol. The second-order valence-electron chi connectivity index (χ2n) is 5.76. The zero-order valence-electron chi connectivity index (χ0n) is 11.8. The molecule has 0 atom stereocenters. The largest absolute Gasteiger partial charge is 0.382 e. The van der Waals surface area contributed by atoms with Gasteiger partial charge in [-0.15, -0.1) is 0 Å². The first-order chi connectivity index (χ1) is 9.03. The molecule has 1 aliphatic rings. The van der Waals surface area contributed by atoms with Gasteiger partial charge in [0.05, 0.1) is 6.42 Å². The van der Waals surface area contributed by atoms with Gasteiger partial charge in [0.2, 0.25) is 0 Å². The standard InChI is InChI=1S/C14H23N3O2/c1-11(2)17-13(15-10-16-17)9-12(18)14(19)7-5-3-4-6-8-14/h10-11,19H,3-9H2,1-2H3. The van der Waals surface area contributed by atoms with E-state index in [9.17, 15) is 9.90 Å². The Hall–Kier alpha value is -1.23. The third kappa shape index (κ3) is 3.21. The third-order valence-electron chi connectivity index (χ3n) is 3.90. The molecule has 0 radical (unpaired) electrons. The van der Waals surface area contributed by atoms with Gasteiger partial charge in [-0.2, -0.15) is 5.10 Å². The number of nitrogens with zero attached hydrogens (tertiary/aromatic N) is 3. The molecule has 19 heavy (non-hydrogen) atoms. The van der Waals surface area contributed by atoms with Crippen molar-refractivity contribution in [1.29, 1.82) is 0 Å². The highest BCUT2D eigenvalue weighted by atomic mass is 16.3. The molecule has 5 heteroatoms. The molecule has 5 nitrogen and oxygen atoms in total. The van der Waals surface area contributed by atoms with E-state index in [-0.39, 0.29) is 18.2 Å². The second kappa shape index (κ2) is 5.82. The number of carbonyl (C=O) groups is 1. The molecule has 1 aromatic rings. The number of rotatable bonds is 4. The van der Waals surface area contributed by atoms with Gasteiger partial charge in [-0.05, 0) is 26.7 Å². The summed E-state index contributed by atoms with van der Waals surface area (Å²) in [6, 6.07) is 0.175. The number of hydrogen-bond acceptors (Lipinski definition) is 4. The molecule has 0 unspecified atom stereocenters. The van der Waals surface area contributed by atoms with E-state index in [1.165, 1.54) is 6.33 Å². The fraction of sp³-hybridized carbons (Fsp3) is 0.786. The molecule has 1 saturated carbocycles. The van der Waals surface area contributed by atoms with Crippen LogP contribution in [0.2, 0.25) is 0 Å². The van der Waals surface area contributed by atoms with Crippen LogP contribution in [0.25, 0.3) is 0 Å². The van der Waals surface area contributed by atoms with Crippen molar-refractivity contribution in [2.45, 2.75) is 70.4 Å².